The van der Waals surface area contributed by atoms with E-state index in [4.69, 9.17) is 39.5 Å². The number of piperidine rings is 1. The van der Waals surface area contributed by atoms with Gasteiger partial charge in [-0.05, 0) is 55.3 Å². The van der Waals surface area contributed by atoms with Crippen LogP contribution >= 0.6 is 34.8 Å². The molecule has 1 amide bonds. The Bertz CT molecular complexity index is 829. The number of hydrogen-bond acceptors (Lipinski definition) is 3. The summed E-state index contributed by atoms with van der Waals surface area (Å²) >= 11 is 18.3. The highest BCUT2D eigenvalue weighted by molar-refractivity contribution is 6.35. The van der Waals surface area contributed by atoms with Crippen molar-refractivity contribution in [2.24, 2.45) is 5.92 Å². The number of amides is 1. The number of ether oxygens (including phenoxy) is 1. The molecule has 0 unspecified atom stereocenters. The number of nitrogens with one attached hydrogen (secondary N) is 1. The van der Waals surface area contributed by atoms with Gasteiger partial charge in [0.15, 0.2) is 0 Å². The minimum atomic E-state index is -0.103. The van der Waals surface area contributed by atoms with Crippen LogP contribution in [0.5, 0.6) is 5.75 Å². The van der Waals surface area contributed by atoms with Crippen molar-refractivity contribution in [1.82, 2.24) is 4.90 Å². The highest BCUT2D eigenvalue weighted by Gasteiger charge is 2.26. The number of carbonyl (C=O) groups excluding carboxylic acids is 1. The molecule has 144 valence electrons. The maximum atomic E-state index is 12.8. The number of likely N-dealkylation sites (tertiary alicyclic amines) is 1. The van der Waals surface area contributed by atoms with Crippen molar-refractivity contribution in [1.29, 1.82) is 0 Å². The maximum Gasteiger partial charge on any atom is 0.228 e. The first-order valence-corrected chi connectivity index (χ1v) is 9.90. The minimum absolute atomic E-state index is 0.0255. The van der Waals surface area contributed by atoms with Gasteiger partial charge in [0, 0.05) is 28.2 Å². The quantitative estimate of drug-likeness (QED) is 0.684. The summed E-state index contributed by atoms with van der Waals surface area (Å²) in [4.78, 5) is 15.0. The molecule has 0 radical (unpaired) electrons. The zero-order valence-corrected chi connectivity index (χ0v) is 17.2. The molecule has 1 heterocycles. The number of halogens is 3. The molecule has 27 heavy (non-hydrogen) atoms. The molecule has 0 saturated carbocycles. The lowest BCUT2D eigenvalue weighted by Gasteiger charge is -2.32. The smallest absolute Gasteiger partial charge is 0.228 e. The number of benzene rings is 2. The molecule has 3 rings (SSSR count). The molecule has 0 aromatic heterocycles. The van der Waals surface area contributed by atoms with Crippen molar-refractivity contribution in [3.8, 4) is 5.75 Å². The fourth-order valence-corrected chi connectivity index (χ4v) is 3.96. The molecule has 7 heteroatoms. The lowest BCUT2D eigenvalue weighted by Crippen LogP contribution is -2.40. The van der Waals surface area contributed by atoms with Gasteiger partial charge in [-0.15, -0.1) is 0 Å². The lowest BCUT2D eigenvalue weighted by atomic mass is 9.96. The average Bonchev–Trinajstić information content (AvgIpc) is 2.64. The fourth-order valence-electron chi connectivity index (χ4n) is 3.32. The van der Waals surface area contributed by atoms with Gasteiger partial charge in [0.25, 0.3) is 0 Å². The summed E-state index contributed by atoms with van der Waals surface area (Å²) in [6.07, 6.45) is 1.80. The van der Waals surface area contributed by atoms with Crippen LogP contribution in [0, 0.1) is 5.92 Å². The summed E-state index contributed by atoms with van der Waals surface area (Å²) in [5.74, 6) is 0.462. The average molecular weight is 428 g/mol. The summed E-state index contributed by atoms with van der Waals surface area (Å²) in [5.41, 5.74) is 1.60. The third-order valence-electron chi connectivity index (χ3n) is 4.70. The Hall–Kier alpha value is -1.46. The summed E-state index contributed by atoms with van der Waals surface area (Å²) < 4.78 is 5.30. The first-order chi connectivity index (χ1) is 13.0. The van der Waals surface area contributed by atoms with Crippen LogP contribution in [0.3, 0.4) is 0 Å². The monoisotopic (exact) mass is 426 g/mol. The van der Waals surface area contributed by atoms with Crippen molar-refractivity contribution >= 4 is 46.4 Å². The van der Waals surface area contributed by atoms with Crippen LogP contribution in [0.15, 0.2) is 36.4 Å². The van der Waals surface area contributed by atoms with Crippen molar-refractivity contribution < 1.29 is 9.53 Å². The van der Waals surface area contributed by atoms with E-state index in [0.29, 0.717) is 39.6 Å². The van der Waals surface area contributed by atoms with E-state index < -0.39 is 0 Å². The van der Waals surface area contributed by atoms with Gasteiger partial charge in [-0.1, -0.05) is 40.9 Å². The minimum Gasteiger partial charge on any atom is -0.495 e. The summed E-state index contributed by atoms with van der Waals surface area (Å²) in [5, 5.41) is 4.78. The number of carbonyl (C=O) groups is 1. The summed E-state index contributed by atoms with van der Waals surface area (Å²) in [7, 11) is 1.57. The van der Waals surface area contributed by atoms with Gasteiger partial charge in [0.2, 0.25) is 5.91 Å². The first-order valence-electron chi connectivity index (χ1n) is 8.77. The van der Waals surface area contributed by atoms with Crippen LogP contribution in [-0.2, 0) is 11.3 Å². The van der Waals surface area contributed by atoms with Crippen LogP contribution < -0.4 is 10.1 Å². The predicted octanol–water partition coefficient (Wildman–Crippen LogP) is 5.51. The molecule has 1 aliphatic heterocycles. The van der Waals surface area contributed by atoms with Gasteiger partial charge in [-0.25, -0.2) is 0 Å². The fraction of sp³-hybridized carbons (Fsp3) is 0.350. The van der Waals surface area contributed by atoms with Crippen LogP contribution in [0.4, 0.5) is 5.69 Å². The molecule has 1 aliphatic rings. The number of hydrogen-bond donors (Lipinski definition) is 1. The molecule has 0 spiro atoms. The summed E-state index contributed by atoms with van der Waals surface area (Å²) in [6, 6.07) is 10.7. The van der Waals surface area contributed by atoms with Crippen LogP contribution in [-0.4, -0.2) is 31.0 Å². The van der Waals surface area contributed by atoms with E-state index in [1.165, 1.54) is 0 Å². The van der Waals surface area contributed by atoms with Crippen LogP contribution in [0.2, 0.25) is 15.1 Å². The molecular weight excluding hydrogens is 407 g/mol. The molecule has 1 N–H and O–H groups in total. The van der Waals surface area contributed by atoms with E-state index in [1.54, 1.807) is 31.4 Å². The van der Waals surface area contributed by atoms with Gasteiger partial charge >= 0.3 is 0 Å². The Labute approximate surface area is 174 Å². The highest BCUT2D eigenvalue weighted by atomic mass is 35.5. The number of nitrogens with zero attached hydrogens (tertiary/aromatic N) is 1. The van der Waals surface area contributed by atoms with E-state index in [0.717, 1.165) is 24.9 Å². The van der Waals surface area contributed by atoms with E-state index >= 15 is 0 Å². The van der Waals surface area contributed by atoms with Crippen molar-refractivity contribution in [2.45, 2.75) is 19.4 Å². The molecule has 0 aliphatic carbocycles. The molecule has 2 aromatic rings. The molecular formula is C20H21Cl3N2O2. The van der Waals surface area contributed by atoms with Crippen molar-refractivity contribution in [2.75, 3.05) is 25.5 Å². The lowest BCUT2D eigenvalue weighted by molar-refractivity contribution is -0.121. The highest BCUT2D eigenvalue weighted by Crippen LogP contribution is 2.29. The van der Waals surface area contributed by atoms with E-state index in [-0.39, 0.29) is 11.8 Å². The zero-order chi connectivity index (χ0) is 19.4. The Morgan fingerprint density at radius 2 is 1.93 bits per heavy atom. The van der Waals surface area contributed by atoms with Crippen LogP contribution in [0.1, 0.15) is 18.4 Å². The molecule has 1 fully saturated rings. The van der Waals surface area contributed by atoms with Crippen molar-refractivity contribution in [3.63, 3.8) is 0 Å². The topological polar surface area (TPSA) is 41.6 Å². The van der Waals surface area contributed by atoms with Gasteiger partial charge in [-0.3, -0.25) is 9.69 Å². The molecule has 2 aromatic carbocycles. The van der Waals surface area contributed by atoms with E-state index in [2.05, 4.69) is 10.2 Å². The summed E-state index contributed by atoms with van der Waals surface area (Å²) in [6.45, 7) is 2.30. The van der Waals surface area contributed by atoms with Crippen molar-refractivity contribution in [3.05, 3.63) is 57.0 Å². The molecule has 4 nitrogen and oxygen atoms in total. The largest absolute Gasteiger partial charge is 0.495 e. The standard InChI is InChI=1S/C20H21Cl3N2O2/c1-27-19-7-6-16(22)10-18(19)24-20(26)14-3-2-8-25(12-14)11-13-4-5-15(21)9-17(13)23/h4-7,9-10,14H,2-3,8,11-12H2,1H3,(H,24,26)/t14-/m1/s1. The number of anilines is 1. The van der Waals surface area contributed by atoms with Gasteiger partial charge < -0.3 is 10.1 Å². The van der Waals surface area contributed by atoms with Crippen LogP contribution in [0.25, 0.3) is 0 Å². The second-order valence-corrected chi connectivity index (χ2v) is 7.92. The van der Waals surface area contributed by atoms with Gasteiger partial charge in [0.1, 0.15) is 5.75 Å². The number of rotatable bonds is 5. The normalized spacial score (nSPS) is 17.6. The Morgan fingerprint density at radius 3 is 2.67 bits per heavy atom. The molecule has 1 atom stereocenters. The second-order valence-electron chi connectivity index (χ2n) is 6.64. The molecule has 1 saturated heterocycles. The van der Waals surface area contributed by atoms with Gasteiger partial charge in [0.05, 0.1) is 18.7 Å². The predicted molar refractivity (Wildman–Crippen MR) is 111 cm³/mol. The van der Waals surface area contributed by atoms with E-state index in [1.807, 2.05) is 12.1 Å². The van der Waals surface area contributed by atoms with Gasteiger partial charge in [-0.2, -0.15) is 0 Å². The third-order valence-corrected chi connectivity index (χ3v) is 5.53. The zero-order valence-electron chi connectivity index (χ0n) is 15.0. The Morgan fingerprint density at radius 1 is 1.19 bits per heavy atom. The van der Waals surface area contributed by atoms with E-state index in [9.17, 15) is 4.79 Å². The maximum absolute atomic E-state index is 12.8. The second kappa shape index (κ2) is 9.16. The SMILES string of the molecule is COc1ccc(Cl)cc1NC(=O)[C@@H]1CCCN(Cc2ccc(Cl)cc2Cl)C1. The molecule has 0 bridgehead atoms. The Kier molecular flexibility index (Phi) is 6.88. The number of methoxy groups -OCH3 is 1. The third kappa shape index (κ3) is 5.29. The Balaban J connectivity index is 1.65. The first kappa shape index (κ1) is 20.3.